The van der Waals surface area contributed by atoms with E-state index >= 15 is 0 Å². The minimum absolute atomic E-state index is 0.470. The zero-order valence-electron chi connectivity index (χ0n) is 11.4. The standard InChI is InChI=1S/C13H23ClN2OS/c1-4-16(11(2)10-17-3)8-7-15-9-12-5-6-13(14)18-12/h5-6,11,15H,4,7-10H2,1-3H3. The number of ether oxygens (including phenoxy) is 1. The monoisotopic (exact) mass is 290 g/mol. The summed E-state index contributed by atoms with van der Waals surface area (Å²) in [6.45, 7) is 9.15. The first-order valence-corrected chi connectivity index (χ1v) is 7.54. The van der Waals surface area contributed by atoms with E-state index in [4.69, 9.17) is 16.3 Å². The Morgan fingerprint density at radius 2 is 2.28 bits per heavy atom. The van der Waals surface area contributed by atoms with Crippen molar-refractivity contribution in [2.24, 2.45) is 0 Å². The molecule has 0 saturated heterocycles. The van der Waals surface area contributed by atoms with Gasteiger partial charge in [0, 0.05) is 37.7 Å². The largest absolute Gasteiger partial charge is 0.383 e. The molecule has 0 aromatic carbocycles. The number of halogens is 1. The zero-order chi connectivity index (χ0) is 13.4. The highest BCUT2D eigenvalue weighted by atomic mass is 35.5. The number of hydrogen-bond acceptors (Lipinski definition) is 4. The average Bonchev–Trinajstić information content (AvgIpc) is 2.75. The zero-order valence-corrected chi connectivity index (χ0v) is 13.0. The van der Waals surface area contributed by atoms with Crippen molar-refractivity contribution >= 4 is 22.9 Å². The van der Waals surface area contributed by atoms with Crippen molar-refractivity contribution in [1.82, 2.24) is 10.2 Å². The average molecular weight is 291 g/mol. The van der Waals surface area contributed by atoms with Crippen LogP contribution in [0.1, 0.15) is 18.7 Å². The van der Waals surface area contributed by atoms with E-state index in [2.05, 4.69) is 30.1 Å². The van der Waals surface area contributed by atoms with E-state index in [1.54, 1.807) is 18.4 Å². The fraction of sp³-hybridized carbons (Fsp3) is 0.692. The van der Waals surface area contributed by atoms with Crippen molar-refractivity contribution in [1.29, 1.82) is 0 Å². The lowest BCUT2D eigenvalue weighted by Gasteiger charge is -2.27. The molecule has 0 radical (unpaired) electrons. The Hall–Kier alpha value is -0.130. The van der Waals surface area contributed by atoms with Gasteiger partial charge in [0.1, 0.15) is 0 Å². The maximum Gasteiger partial charge on any atom is 0.0931 e. The van der Waals surface area contributed by atoms with Gasteiger partial charge in [0.05, 0.1) is 10.9 Å². The number of nitrogens with zero attached hydrogens (tertiary/aromatic N) is 1. The second kappa shape index (κ2) is 8.88. The van der Waals surface area contributed by atoms with Gasteiger partial charge < -0.3 is 10.1 Å². The van der Waals surface area contributed by atoms with Crippen LogP contribution in [0, 0.1) is 0 Å². The second-order valence-corrected chi connectivity index (χ2v) is 6.12. The summed E-state index contributed by atoms with van der Waals surface area (Å²) in [4.78, 5) is 3.70. The summed E-state index contributed by atoms with van der Waals surface area (Å²) in [5.41, 5.74) is 0. The van der Waals surface area contributed by atoms with Crippen LogP contribution in [-0.4, -0.2) is 44.3 Å². The molecule has 1 atom stereocenters. The van der Waals surface area contributed by atoms with Gasteiger partial charge in [-0.1, -0.05) is 18.5 Å². The van der Waals surface area contributed by atoms with Crippen molar-refractivity contribution in [3.05, 3.63) is 21.3 Å². The molecule has 18 heavy (non-hydrogen) atoms. The second-order valence-electron chi connectivity index (χ2n) is 4.32. The molecule has 0 fully saturated rings. The van der Waals surface area contributed by atoms with Crippen molar-refractivity contribution in [2.75, 3.05) is 33.4 Å². The fourth-order valence-electron chi connectivity index (χ4n) is 1.92. The molecule has 1 aromatic rings. The van der Waals surface area contributed by atoms with E-state index in [0.717, 1.165) is 37.1 Å². The summed E-state index contributed by atoms with van der Waals surface area (Å²) in [7, 11) is 1.75. The predicted molar refractivity (Wildman–Crippen MR) is 79.6 cm³/mol. The third-order valence-electron chi connectivity index (χ3n) is 2.94. The van der Waals surface area contributed by atoms with Gasteiger partial charge in [0.2, 0.25) is 0 Å². The Morgan fingerprint density at radius 1 is 1.50 bits per heavy atom. The number of thiophene rings is 1. The van der Waals surface area contributed by atoms with Crippen LogP contribution < -0.4 is 5.32 Å². The highest BCUT2D eigenvalue weighted by molar-refractivity contribution is 7.16. The van der Waals surface area contributed by atoms with Gasteiger partial charge in [-0.2, -0.15) is 0 Å². The van der Waals surface area contributed by atoms with E-state index in [0.29, 0.717) is 6.04 Å². The molecular formula is C13H23ClN2OS. The first kappa shape index (κ1) is 15.9. The maximum atomic E-state index is 5.89. The third kappa shape index (κ3) is 5.67. The number of hydrogen-bond donors (Lipinski definition) is 1. The number of methoxy groups -OCH3 is 1. The SMILES string of the molecule is CCN(CCNCc1ccc(Cl)s1)C(C)COC. The van der Waals surface area contributed by atoms with Crippen LogP contribution in [0.25, 0.3) is 0 Å². The molecule has 1 aromatic heterocycles. The maximum absolute atomic E-state index is 5.89. The van der Waals surface area contributed by atoms with Crippen LogP contribution >= 0.6 is 22.9 Å². The normalized spacial score (nSPS) is 13.2. The van der Waals surface area contributed by atoms with Crippen LogP contribution in [0.5, 0.6) is 0 Å². The van der Waals surface area contributed by atoms with Crippen molar-refractivity contribution in [3.8, 4) is 0 Å². The number of likely N-dealkylation sites (N-methyl/N-ethyl adjacent to an activating group) is 1. The quantitative estimate of drug-likeness (QED) is 0.708. The molecule has 1 unspecified atom stereocenters. The van der Waals surface area contributed by atoms with Gasteiger partial charge in [-0.25, -0.2) is 0 Å². The predicted octanol–water partition coefficient (Wildman–Crippen LogP) is 2.85. The van der Waals surface area contributed by atoms with E-state index < -0.39 is 0 Å². The highest BCUT2D eigenvalue weighted by Crippen LogP contribution is 2.20. The molecule has 1 heterocycles. The lowest BCUT2D eigenvalue weighted by molar-refractivity contribution is 0.103. The molecule has 0 bridgehead atoms. The summed E-state index contributed by atoms with van der Waals surface area (Å²) in [6.07, 6.45) is 0. The molecule has 0 aliphatic carbocycles. The fourth-order valence-corrected chi connectivity index (χ4v) is 2.97. The molecule has 0 amide bonds. The molecule has 0 aliphatic heterocycles. The van der Waals surface area contributed by atoms with Crippen LogP contribution in [-0.2, 0) is 11.3 Å². The van der Waals surface area contributed by atoms with E-state index in [9.17, 15) is 0 Å². The van der Waals surface area contributed by atoms with Gasteiger partial charge in [-0.05, 0) is 25.6 Å². The van der Waals surface area contributed by atoms with Gasteiger partial charge in [0.25, 0.3) is 0 Å². The Morgan fingerprint density at radius 3 is 2.83 bits per heavy atom. The van der Waals surface area contributed by atoms with Crippen LogP contribution in [0.2, 0.25) is 4.34 Å². The van der Waals surface area contributed by atoms with E-state index in [1.165, 1.54) is 4.88 Å². The first-order valence-electron chi connectivity index (χ1n) is 6.35. The summed E-state index contributed by atoms with van der Waals surface area (Å²) in [5, 5.41) is 3.45. The molecule has 0 aliphatic rings. The summed E-state index contributed by atoms with van der Waals surface area (Å²) in [6, 6.07) is 4.49. The highest BCUT2D eigenvalue weighted by Gasteiger charge is 2.10. The topological polar surface area (TPSA) is 24.5 Å². The molecule has 5 heteroatoms. The van der Waals surface area contributed by atoms with E-state index in [-0.39, 0.29) is 0 Å². The molecule has 3 nitrogen and oxygen atoms in total. The Kier molecular flexibility index (Phi) is 7.86. The lowest BCUT2D eigenvalue weighted by atomic mass is 10.3. The molecular weight excluding hydrogens is 268 g/mol. The summed E-state index contributed by atoms with van der Waals surface area (Å²) < 4.78 is 6.05. The summed E-state index contributed by atoms with van der Waals surface area (Å²) in [5.74, 6) is 0. The smallest absolute Gasteiger partial charge is 0.0931 e. The Labute approximate surface area is 119 Å². The first-order chi connectivity index (χ1) is 8.67. The van der Waals surface area contributed by atoms with Gasteiger partial charge in [0.15, 0.2) is 0 Å². The van der Waals surface area contributed by atoms with Crippen LogP contribution in [0.4, 0.5) is 0 Å². The summed E-state index contributed by atoms with van der Waals surface area (Å²) >= 11 is 7.53. The van der Waals surface area contributed by atoms with Gasteiger partial charge in [-0.3, -0.25) is 4.90 Å². The van der Waals surface area contributed by atoms with Gasteiger partial charge in [-0.15, -0.1) is 11.3 Å². The molecule has 1 rings (SSSR count). The molecule has 0 saturated carbocycles. The van der Waals surface area contributed by atoms with E-state index in [1.807, 2.05) is 6.07 Å². The van der Waals surface area contributed by atoms with Crippen LogP contribution in [0.15, 0.2) is 12.1 Å². The number of rotatable bonds is 9. The van der Waals surface area contributed by atoms with Crippen LogP contribution in [0.3, 0.4) is 0 Å². The van der Waals surface area contributed by atoms with Crippen molar-refractivity contribution < 1.29 is 4.74 Å². The molecule has 0 spiro atoms. The minimum Gasteiger partial charge on any atom is -0.383 e. The molecule has 104 valence electrons. The minimum atomic E-state index is 0.470. The molecule has 1 N–H and O–H groups in total. The van der Waals surface area contributed by atoms with Crippen molar-refractivity contribution in [2.45, 2.75) is 26.4 Å². The Bertz CT molecular complexity index is 333. The lowest BCUT2D eigenvalue weighted by Crippen LogP contribution is -2.40. The number of nitrogens with one attached hydrogen (secondary N) is 1. The van der Waals surface area contributed by atoms with Crippen molar-refractivity contribution in [3.63, 3.8) is 0 Å². The van der Waals surface area contributed by atoms with Gasteiger partial charge >= 0.3 is 0 Å². The Balaban J connectivity index is 2.19. The third-order valence-corrected chi connectivity index (χ3v) is 4.17.